The third-order valence-corrected chi connectivity index (χ3v) is 2.42. The smallest absolute Gasteiger partial charge is 0.129 e. The number of methoxy groups -OCH3 is 1. The molecule has 17 heavy (non-hydrogen) atoms. The Kier molecular flexibility index (Phi) is 5.86. The van der Waals surface area contributed by atoms with Crippen molar-refractivity contribution in [3.63, 3.8) is 0 Å². The number of aliphatic hydroxyl groups excluding tert-OH is 1. The zero-order chi connectivity index (χ0) is 12.7. The second-order valence-corrected chi connectivity index (χ2v) is 4.31. The zero-order valence-corrected chi connectivity index (χ0v) is 10.7. The first-order chi connectivity index (χ1) is 8.13. The number of ether oxygens (including phenoxy) is 1. The fourth-order valence-electron chi connectivity index (χ4n) is 1.43. The average molecular weight is 239 g/mol. The Hall–Kier alpha value is -1.20. The summed E-state index contributed by atoms with van der Waals surface area (Å²) >= 11 is 0. The molecule has 5 heteroatoms. The van der Waals surface area contributed by atoms with Gasteiger partial charge in [-0.2, -0.15) is 0 Å². The summed E-state index contributed by atoms with van der Waals surface area (Å²) in [7, 11) is 1.58. The van der Waals surface area contributed by atoms with E-state index in [9.17, 15) is 5.11 Å². The minimum atomic E-state index is -0.432. The predicted molar refractivity (Wildman–Crippen MR) is 67.1 cm³/mol. The molecule has 0 fully saturated rings. The Bertz CT molecular complexity index is 331. The molecule has 0 aliphatic carbocycles. The van der Waals surface area contributed by atoms with Crippen molar-refractivity contribution in [2.45, 2.75) is 32.3 Å². The van der Waals surface area contributed by atoms with Gasteiger partial charge in [0, 0.05) is 25.4 Å². The maximum absolute atomic E-state index is 9.47. The van der Waals surface area contributed by atoms with Gasteiger partial charge in [0.25, 0.3) is 0 Å². The van der Waals surface area contributed by atoms with Gasteiger partial charge >= 0.3 is 0 Å². The summed E-state index contributed by atoms with van der Waals surface area (Å²) in [6.45, 7) is 5.21. The lowest BCUT2D eigenvalue weighted by molar-refractivity contribution is 0.0615. The van der Waals surface area contributed by atoms with Crippen LogP contribution in [0.15, 0.2) is 12.4 Å². The van der Waals surface area contributed by atoms with Gasteiger partial charge in [0.05, 0.1) is 12.7 Å². The lowest BCUT2D eigenvalue weighted by Crippen LogP contribution is -2.18. The molecule has 0 aromatic carbocycles. The van der Waals surface area contributed by atoms with Crippen LogP contribution in [-0.2, 0) is 4.74 Å². The molecule has 0 aliphatic rings. The van der Waals surface area contributed by atoms with Gasteiger partial charge in [-0.15, -0.1) is 0 Å². The monoisotopic (exact) mass is 239 g/mol. The van der Waals surface area contributed by atoms with E-state index in [0.29, 0.717) is 25.5 Å². The van der Waals surface area contributed by atoms with Gasteiger partial charge in [0.1, 0.15) is 12.1 Å². The molecule has 0 spiro atoms. The van der Waals surface area contributed by atoms with Crippen molar-refractivity contribution in [3.05, 3.63) is 18.1 Å². The van der Waals surface area contributed by atoms with E-state index in [2.05, 4.69) is 29.1 Å². The zero-order valence-electron chi connectivity index (χ0n) is 10.7. The number of aromatic nitrogens is 2. The Balaban J connectivity index is 2.38. The molecular formula is C12H21N3O2. The van der Waals surface area contributed by atoms with Crippen LogP contribution in [0.4, 0.5) is 5.82 Å². The first kappa shape index (κ1) is 13.9. The van der Waals surface area contributed by atoms with Gasteiger partial charge in [-0.1, -0.05) is 13.8 Å². The maximum Gasteiger partial charge on any atom is 0.129 e. The molecule has 0 saturated carbocycles. The average Bonchev–Trinajstić information content (AvgIpc) is 2.30. The highest BCUT2D eigenvalue weighted by atomic mass is 16.5. The van der Waals surface area contributed by atoms with Crippen LogP contribution in [0.25, 0.3) is 0 Å². The van der Waals surface area contributed by atoms with Crippen LogP contribution in [0.3, 0.4) is 0 Å². The fraction of sp³-hybridized carbons (Fsp3) is 0.667. The van der Waals surface area contributed by atoms with Crippen LogP contribution in [0.1, 0.15) is 31.9 Å². The van der Waals surface area contributed by atoms with Crippen molar-refractivity contribution in [2.75, 3.05) is 25.6 Å². The summed E-state index contributed by atoms with van der Waals surface area (Å²) in [6.07, 6.45) is 1.76. The molecule has 1 aromatic heterocycles. The van der Waals surface area contributed by atoms with Gasteiger partial charge in [-0.3, -0.25) is 0 Å². The number of anilines is 1. The molecule has 96 valence electrons. The van der Waals surface area contributed by atoms with E-state index >= 15 is 0 Å². The van der Waals surface area contributed by atoms with Crippen molar-refractivity contribution in [3.8, 4) is 0 Å². The van der Waals surface area contributed by atoms with Crippen molar-refractivity contribution in [1.82, 2.24) is 9.97 Å². The van der Waals surface area contributed by atoms with E-state index in [1.165, 1.54) is 0 Å². The lowest BCUT2D eigenvalue weighted by atomic mass is 10.1. The summed E-state index contributed by atoms with van der Waals surface area (Å²) in [5, 5.41) is 12.6. The fourth-order valence-corrected chi connectivity index (χ4v) is 1.43. The first-order valence-electron chi connectivity index (χ1n) is 5.86. The molecule has 0 radical (unpaired) electrons. The van der Waals surface area contributed by atoms with Crippen molar-refractivity contribution < 1.29 is 9.84 Å². The van der Waals surface area contributed by atoms with Crippen LogP contribution in [0.5, 0.6) is 0 Å². The number of hydrogen-bond donors (Lipinski definition) is 2. The van der Waals surface area contributed by atoms with E-state index in [4.69, 9.17) is 4.74 Å². The highest BCUT2D eigenvalue weighted by Gasteiger charge is 2.05. The van der Waals surface area contributed by atoms with E-state index in [-0.39, 0.29) is 0 Å². The highest BCUT2D eigenvalue weighted by molar-refractivity contribution is 5.35. The molecule has 1 heterocycles. The van der Waals surface area contributed by atoms with Crippen molar-refractivity contribution in [2.24, 2.45) is 0 Å². The minimum Gasteiger partial charge on any atom is -0.391 e. The van der Waals surface area contributed by atoms with E-state index in [1.807, 2.05) is 6.07 Å². The van der Waals surface area contributed by atoms with Crippen molar-refractivity contribution in [1.29, 1.82) is 0 Å². The number of rotatable bonds is 7. The minimum absolute atomic E-state index is 0.364. The second kappa shape index (κ2) is 7.19. The van der Waals surface area contributed by atoms with E-state index in [1.54, 1.807) is 13.4 Å². The van der Waals surface area contributed by atoms with Gasteiger partial charge in [0.2, 0.25) is 0 Å². The third-order valence-electron chi connectivity index (χ3n) is 2.42. The van der Waals surface area contributed by atoms with Crippen LogP contribution in [0.2, 0.25) is 0 Å². The summed E-state index contributed by atoms with van der Waals surface area (Å²) < 4.78 is 4.85. The molecule has 1 unspecified atom stereocenters. The van der Waals surface area contributed by atoms with Gasteiger partial charge in [-0.25, -0.2) is 9.97 Å². The number of nitrogens with one attached hydrogen (secondary N) is 1. The molecule has 2 N–H and O–H groups in total. The van der Waals surface area contributed by atoms with Gasteiger partial charge in [0.15, 0.2) is 0 Å². The lowest BCUT2D eigenvalue weighted by Gasteiger charge is -2.11. The Morgan fingerprint density at radius 2 is 2.18 bits per heavy atom. The molecule has 1 rings (SSSR count). The standard InChI is InChI=1S/C12H21N3O2/c1-9(2)11-6-12(15-8-14-11)13-5-4-10(16)7-17-3/h6,8-10,16H,4-5,7H2,1-3H3,(H,13,14,15). The van der Waals surface area contributed by atoms with Gasteiger partial charge < -0.3 is 15.2 Å². The van der Waals surface area contributed by atoms with Gasteiger partial charge in [-0.05, 0) is 12.3 Å². The van der Waals surface area contributed by atoms with E-state index < -0.39 is 6.10 Å². The molecule has 1 atom stereocenters. The molecule has 0 aliphatic heterocycles. The normalized spacial score (nSPS) is 12.8. The Morgan fingerprint density at radius 3 is 2.82 bits per heavy atom. The summed E-state index contributed by atoms with van der Waals surface area (Å²) in [6, 6.07) is 1.94. The molecule has 5 nitrogen and oxygen atoms in total. The van der Waals surface area contributed by atoms with Crippen LogP contribution in [-0.4, -0.2) is 41.4 Å². The predicted octanol–water partition coefficient (Wildman–Crippen LogP) is 1.41. The molecule has 0 saturated heterocycles. The van der Waals surface area contributed by atoms with E-state index in [0.717, 1.165) is 11.5 Å². The van der Waals surface area contributed by atoms with Crippen LogP contribution in [0, 0.1) is 0 Å². The molecule has 0 amide bonds. The SMILES string of the molecule is COCC(O)CCNc1cc(C(C)C)ncn1. The molecule has 0 bridgehead atoms. The Labute approximate surface area is 102 Å². The third kappa shape index (κ3) is 5.10. The summed E-state index contributed by atoms with van der Waals surface area (Å²) in [5.41, 5.74) is 1.01. The highest BCUT2D eigenvalue weighted by Crippen LogP contribution is 2.13. The largest absolute Gasteiger partial charge is 0.391 e. The Morgan fingerprint density at radius 1 is 1.41 bits per heavy atom. The quantitative estimate of drug-likeness (QED) is 0.753. The van der Waals surface area contributed by atoms with Crippen molar-refractivity contribution >= 4 is 5.82 Å². The number of aliphatic hydroxyl groups is 1. The summed E-state index contributed by atoms with van der Waals surface area (Å²) in [5.74, 6) is 1.19. The van der Waals surface area contributed by atoms with Crippen LogP contribution < -0.4 is 5.32 Å². The second-order valence-electron chi connectivity index (χ2n) is 4.31. The first-order valence-corrected chi connectivity index (χ1v) is 5.86. The maximum atomic E-state index is 9.47. The van der Waals surface area contributed by atoms with Crippen LogP contribution >= 0.6 is 0 Å². The number of hydrogen-bond acceptors (Lipinski definition) is 5. The summed E-state index contributed by atoms with van der Waals surface area (Å²) in [4.78, 5) is 8.32. The molecular weight excluding hydrogens is 218 g/mol. The molecule has 1 aromatic rings. The number of nitrogens with zero attached hydrogens (tertiary/aromatic N) is 2. The topological polar surface area (TPSA) is 67.3 Å².